The summed E-state index contributed by atoms with van der Waals surface area (Å²) < 4.78 is 8.13. The Kier molecular flexibility index (Phi) is 6.17. The number of aryl methyl sites for hydroxylation is 1. The highest BCUT2D eigenvalue weighted by molar-refractivity contribution is 5.85. The van der Waals surface area contributed by atoms with Gasteiger partial charge < -0.3 is 4.74 Å². The van der Waals surface area contributed by atoms with Crippen LogP contribution < -0.4 is 4.74 Å². The minimum atomic E-state index is 0. The number of aromatic nitrogens is 2. The third-order valence-corrected chi connectivity index (χ3v) is 4.89. The van der Waals surface area contributed by atoms with Crippen LogP contribution in [0.2, 0.25) is 0 Å². The van der Waals surface area contributed by atoms with Crippen LogP contribution in [0.5, 0.6) is 5.88 Å². The number of benzene rings is 2. The van der Waals surface area contributed by atoms with E-state index in [0.717, 1.165) is 29.9 Å². The van der Waals surface area contributed by atoms with E-state index in [0.29, 0.717) is 6.61 Å². The molecule has 0 radical (unpaired) electrons. The van der Waals surface area contributed by atoms with Gasteiger partial charge in [0.05, 0.1) is 17.4 Å². The van der Waals surface area contributed by atoms with Crippen LogP contribution in [0.4, 0.5) is 0 Å². The van der Waals surface area contributed by atoms with Crippen molar-refractivity contribution in [3.8, 4) is 5.88 Å². The zero-order valence-corrected chi connectivity index (χ0v) is 16.0. The molecular formula is C21H26ClN3O. The summed E-state index contributed by atoms with van der Waals surface area (Å²) in [7, 11) is 0. The van der Waals surface area contributed by atoms with Gasteiger partial charge in [-0.25, -0.2) is 0 Å². The molecule has 3 aromatic rings. The second-order valence-corrected chi connectivity index (χ2v) is 6.87. The first-order valence-corrected chi connectivity index (χ1v) is 9.16. The standard InChI is InChI=1S/C21H25N3O.ClH/c1-17-9-10-20-19(15-17)21(25-14-13-23-11-5-6-12-23)22-24(20)16-18-7-3-2-4-8-18;/h2-4,7-10,15H,5-6,11-14,16H2,1H3;1H. The van der Waals surface area contributed by atoms with E-state index >= 15 is 0 Å². The summed E-state index contributed by atoms with van der Waals surface area (Å²) >= 11 is 0. The van der Waals surface area contributed by atoms with Crippen LogP contribution in [-0.4, -0.2) is 40.9 Å². The third kappa shape index (κ3) is 4.19. The first kappa shape index (κ1) is 18.7. The Morgan fingerprint density at radius 3 is 2.58 bits per heavy atom. The minimum absolute atomic E-state index is 0. The number of rotatable bonds is 6. The van der Waals surface area contributed by atoms with Gasteiger partial charge in [0.15, 0.2) is 0 Å². The normalized spacial score (nSPS) is 14.5. The second kappa shape index (κ2) is 8.56. The molecule has 0 bridgehead atoms. The Hall–Kier alpha value is -2.04. The molecule has 26 heavy (non-hydrogen) atoms. The van der Waals surface area contributed by atoms with E-state index in [1.807, 2.05) is 6.07 Å². The number of hydrogen-bond acceptors (Lipinski definition) is 3. The molecule has 2 aromatic carbocycles. The Morgan fingerprint density at radius 1 is 1.04 bits per heavy atom. The molecule has 2 heterocycles. The lowest BCUT2D eigenvalue weighted by atomic mass is 10.2. The van der Waals surface area contributed by atoms with Gasteiger partial charge in [-0.1, -0.05) is 42.0 Å². The average Bonchev–Trinajstić information content (AvgIpc) is 3.25. The number of nitrogens with zero attached hydrogens (tertiary/aromatic N) is 3. The highest BCUT2D eigenvalue weighted by Crippen LogP contribution is 2.27. The molecule has 1 aromatic heterocycles. The fourth-order valence-electron chi connectivity index (χ4n) is 3.52. The number of fused-ring (bicyclic) bond motifs is 1. The monoisotopic (exact) mass is 371 g/mol. The highest BCUT2D eigenvalue weighted by Gasteiger charge is 2.14. The SMILES string of the molecule is Cc1ccc2c(c1)c(OCCN1CCCC1)nn2Cc1ccccc1.Cl. The van der Waals surface area contributed by atoms with Crippen LogP contribution in [0.3, 0.4) is 0 Å². The maximum Gasteiger partial charge on any atom is 0.240 e. The van der Waals surface area contributed by atoms with Gasteiger partial charge >= 0.3 is 0 Å². The van der Waals surface area contributed by atoms with Crippen molar-refractivity contribution in [2.24, 2.45) is 0 Å². The van der Waals surface area contributed by atoms with E-state index in [9.17, 15) is 0 Å². The lowest BCUT2D eigenvalue weighted by Crippen LogP contribution is -2.25. The Labute approximate surface area is 161 Å². The molecule has 1 saturated heterocycles. The van der Waals surface area contributed by atoms with Crippen LogP contribution in [0, 0.1) is 6.92 Å². The zero-order chi connectivity index (χ0) is 17.1. The minimum Gasteiger partial charge on any atom is -0.475 e. The molecule has 1 aliphatic heterocycles. The van der Waals surface area contributed by atoms with E-state index in [2.05, 4.69) is 59.0 Å². The van der Waals surface area contributed by atoms with Gasteiger partial charge in [-0.05, 0) is 50.6 Å². The van der Waals surface area contributed by atoms with Crippen molar-refractivity contribution in [1.29, 1.82) is 0 Å². The molecule has 0 amide bonds. The van der Waals surface area contributed by atoms with Gasteiger partial charge in [0, 0.05) is 6.54 Å². The van der Waals surface area contributed by atoms with E-state index in [1.165, 1.54) is 37.1 Å². The van der Waals surface area contributed by atoms with Crippen molar-refractivity contribution in [3.63, 3.8) is 0 Å². The molecule has 0 unspecified atom stereocenters. The first-order chi connectivity index (χ1) is 12.3. The first-order valence-electron chi connectivity index (χ1n) is 9.16. The van der Waals surface area contributed by atoms with Crippen molar-refractivity contribution in [2.45, 2.75) is 26.3 Å². The molecule has 5 heteroatoms. The van der Waals surface area contributed by atoms with Gasteiger partial charge in [0.25, 0.3) is 0 Å². The molecule has 0 spiro atoms. The number of hydrogen-bond donors (Lipinski definition) is 0. The zero-order valence-electron chi connectivity index (χ0n) is 15.2. The summed E-state index contributed by atoms with van der Waals surface area (Å²) in [5.41, 5.74) is 3.61. The molecule has 0 aliphatic carbocycles. The highest BCUT2D eigenvalue weighted by atomic mass is 35.5. The van der Waals surface area contributed by atoms with Crippen LogP contribution in [-0.2, 0) is 6.54 Å². The van der Waals surface area contributed by atoms with Crippen molar-refractivity contribution in [3.05, 3.63) is 59.7 Å². The van der Waals surface area contributed by atoms with E-state index in [1.54, 1.807) is 0 Å². The fourth-order valence-corrected chi connectivity index (χ4v) is 3.52. The summed E-state index contributed by atoms with van der Waals surface area (Å²) in [4.78, 5) is 2.47. The largest absolute Gasteiger partial charge is 0.475 e. The molecule has 138 valence electrons. The molecule has 0 N–H and O–H groups in total. The summed E-state index contributed by atoms with van der Waals surface area (Å²) in [5.74, 6) is 0.758. The van der Waals surface area contributed by atoms with E-state index in [4.69, 9.17) is 9.84 Å². The van der Waals surface area contributed by atoms with Gasteiger partial charge in [0.2, 0.25) is 5.88 Å². The van der Waals surface area contributed by atoms with Gasteiger partial charge in [-0.15, -0.1) is 17.5 Å². The molecular weight excluding hydrogens is 346 g/mol. The molecule has 0 saturated carbocycles. The number of halogens is 1. The smallest absolute Gasteiger partial charge is 0.240 e. The molecule has 1 aliphatic rings. The Balaban J connectivity index is 0.00000196. The van der Waals surface area contributed by atoms with Crippen molar-refractivity contribution in [2.75, 3.05) is 26.2 Å². The summed E-state index contributed by atoms with van der Waals surface area (Å²) in [6.45, 7) is 6.96. The number of likely N-dealkylation sites (tertiary alicyclic amines) is 1. The summed E-state index contributed by atoms with van der Waals surface area (Å²) in [5, 5.41) is 5.87. The molecule has 4 rings (SSSR count). The van der Waals surface area contributed by atoms with E-state index < -0.39 is 0 Å². The average molecular weight is 372 g/mol. The van der Waals surface area contributed by atoms with Crippen molar-refractivity contribution >= 4 is 23.3 Å². The lowest BCUT2D eigenvalue weighted by Gasteiger charge is -2.14. The quantitative estimate of drug-likeness (QED) is 0.647. The third-order valence-electron chi connectivity index (χ3n) is 4.89. The maximum absolute atomic E-state index is 6.08. The lowest BCUT2D eigenvalue weighted by molar-refractivity contribution is 0.232. The second-order valence-electron chi connectivity index (χ2n) is 6.87. The van der Waals surface area contributed by atoms with Crippen molar-refractivity contribution < 1.29 is 4.74 Å². The van der Waals surface area contributed by atoms with Crippen LogP contribution >= 0.6 is 12.4 Å². The van der Waals surface area contributed by atoms with Crippen LogP contribution in [0.25, 0.3) is 10.9 Å². The topological polar surface area (TPSA) is 30.3 Å². The Morgan fingerprint density at radius 2 is 1.81 bits per heavy atom. The molecule has 4 nitrogen and oxygen atoms in total. The van der Waals surface area contributed by atoms with Gasteiger partial charge in [0.1, 0.15) is 6.61 Å². The van der Waals surface area contributed by atoms with Crippen LogP contribution in [0.1, 0.15) is 24.0 Å². The van der Waals surface area contributed by atoms with Gasteiger partial charge in [-0.3, -0.25) is 9.58 Å². The summed E-state index contributed by atoms with van der Waals surface area (Å²) in [6.07, 6.45) is 2.63. The fraction of sp³-hybridized carbons (Fsp3) is 0.381. The predicted molar refractivity (Wildman–Crippen MR) is 108 cm³/mol. The van der Waals surface area contributed by atoms with E-state index in [-0.39, 0.29) is 12.4 Å². The number of ether oxygens (including phenoxy) is 1. The van der Waals surface area contributed by atoms with Crippen LogP contribution in [0.15, 0.2) is 48.5 Å². The summed E-state index contributed by atoms with van der Waals surface area (Å²) in [6, 6.07) is 16.9. The van der Waals surface area contributed by atoms with Crippen molar-refractivity contribution in [1.82, 2.24) is 14.7 Å². The molecule has 1 fully saturated rings. The predicted octanol–water partition coefficient (Wildman–Crippen LogP) is 4.29. The Bertz CT molecular complexity index is 841. The van der Waals surface area contributed by atoms with Gasteiger partial charge in [-0.2, -0.15) is 0 Å². The maximum atomic E-state index is 6.08. The molecule has 0 atom stereocenters.